The van der Waals surface area contributed by atoms with Crippen molar-refractivity contribution in [1.82, 2.24) is 9.78 Å². The van der Waals surface area contributed by atoms with Gasteiger partial charge in [0.15, 0.2) is 0 Å². The van der Waals surface area contributed by atoms with Crippen LogP contribution in [0.5, 0.6) is 0 Å². The zero-order chi connectivity index (χ0) is 14.0. The predicted octanol–water partition coefficient (Wildman–Crippen LogP) is 4.04. The lowest BCUT2D eigenvalue weighted by Gasteiger charge is -2.08. The molecule has 0 unspecified atom stereocenters. The molecule has 0 spiro atoms. The molecule has 0 aliphatic rings. The predicted molar refractivity (Wildman–Crippen MR) is 76.3 cm³/mol. The molecule has 0 saturated heterocycles. The van der Waals surface area contributed by atoms with Crippen LogP contribution in [-0.2, 0) is 20.0 Å². The standard InChI is InChI=1S/C13H14Cl2FN3/c1-3-10-13(15)12(19(2)18-10)7-17-11-6-8(14)4-5-9(11)16/h4-6,17H,3,7H2,1-2H3. The second-order valence-corrected chi connectivity index (χ2v) is 4.98. The van der Waals surface area contributed by atoms with E-state index in [0.717, 1.165) is 17.8 Å². The summed E-state index contributed by atoms with van der Waals surface area (Å²) in [6, 6.07) is 4.38. The van der Waals surface area contributed by atoms with Crippen molar-refractivity contribution in [2.45, 2.75) is 19.9 Å². The van der Waals surface area contributed by atoms with Crippen LogP contribution >= 0.6 is 23.2 Å². The van der Waals surface area contributed by atoms with E-state index in [9.17, 15) is 4.39 Å². The lowest BCUT2D eigenvalue weighted by molar-refractivity contribution is 0.629. The van der Waals surface area contributed by atoms with Crippen molar-refractivity contribution >= 4 is 28.9 Å². The fourth-order valence-corrected chi connectivity index (χ4v) is 2.36. The summed E-state index contributed by atoms with van der Waals surface area (Å²) in [4.78, 5) is 0. The number of aryl methyl sites for hydroxylation is 2. The zero-order valence-corrected chi connectivity index (χ0v) is 12.2. The fourth-order valence-electron chi connectivity index (χ4n) is 1.82. The molecule has 0 radical (unpaired) electrons. The summed E-state index contributed by atoms with van der Waals surface area (Å²) < 4.78 is 15.3. The van der Waals surface area contributed by atoms with Gasteiger partial charge < -0.3 is 5.32 Å². The fraction of sp³-hybridized carbons (Fsp3) is 0.308. The third-order valence-electron chi connectivity index (χ3n) is 2.88. The van der Waals surface area contributed by atoms with Gasteiger partial charge in [-0.1, -0.05) is 30.1 Å². The van der Waals surface area contributed by atoms with Crippen LogP contribution in [0.2, 0.25) is 10.0 Å². The number of hydrogen-bond donors (Lipinski definition) is 1. The SMILES string of the molecule is CCc1nn(C)c(CNc2cc(Cl)ccc2F)c1Cl. The third kappa shape index (κ3) is 3.01. The Balaban J connectivity index is 2.19. The Morgan fingerprint density at radius 2 is 2.11 bits per heavy atom. The smallest absolute Gasteiger partial charge is 0.146 e. The van der Waals surface area contributed by atoms with E-state index in [1.165, 1.54) is 12.1 Å². The second-order valence-electron chi connectivity index (χ2n) is 4.16. The molecule has 1 N–H and O–H groups in total. The van der Waals surface area contributed by atoms with E-state index in [0.29, 0.717) is 22.3 Å². The van der Waals surface area contributed by atoms with E-state index in [1.807, 2.05) is 14.0 Å². The summed E-state index contributed by atoms with van der Waals surface area (Å²) in [5, 5.41) is 8.40. The molecule has 3 nitrogen and oxygen atoms in total. The number of aromatic nitrogens is 2. The Kier molecular flexibility index (Phi) is 4.32. The average Bonchev–Trinajstić information content (AvgIpc) is 2.66. The molecule has 1 aromatic carbocycles. The molecule has 6 heteroatoms. The van der Waals surface area contributed by atoms with Crippen LogP contribution in [0.15, 0.2) is 18.2 Å². The van der Waals surface area contributed by atoms with Crippen molar-refractivity contribution < 1.29 is 4.39 Å². The first-order valence-corrected chi connectivity index (χ1v) is 6.67. The van der Waals surface area contributed by atoms with Crippen LogP contribution in [-0.4, -0.2) is 9.78 Å². The van der Waals surface area contributed by atoms with Gasteiger partial charge in [0, 0.05) is 12.1 Å². The number of benzene rings is 1. The summed E-state index contributed by atoms with van der Waals surface area (Å²) in [6.07, 6.45) is 0.762. The summed E-state index contributed by atoms with van der Waals surface area (Å²) in [6.45, 7) is 2.38. The lowest BCUT2D eigenvalue weighted by atomic mass is 10.2. The van der Waals surface area contributed by atoms with Crippen LogP contribution in [0.4, 0.5) is 10.1 Å². The maximum atomic E-state index is 13.6. The Labute approximate surface area is 121 Å². The first kappa shape index (κ1) is 14.2. The van der Waals surface area contributed by atoms with Gasteiger partial charge in [-0.3, -0.25) is 4.68 Å². The number of nitrogens with one attached hydrogen (secondary N) is 1. The summed E-state index contributed by atoms with van der Waals surface area (Å²) in [5.74, 6) is -0.349. The number of rotatable bonds is 4. The molecule has 0 atom stereocenters. The molecule has 102 valence electrons. The van der Waals surface area contributed by atoms with Crippen molar-refractivity contribution in [1.29, 1.82) is 0 Å². The first-order chi connectivity index (χ1) is 9.02. The molecular weight excluding hydrogens is 288 g/mol. The van der Waals surface area contributed by atoms with Crippen LogP contribution in [0, 0.1) is 5.82 Å². The summed E-state index contributed by atoms with van der Waals surface area (Å²) in [7, 11) is 1.82. The average molecular weight is 302 g/mol. The summed E-state index contributed by atoms with van der Waals surface area (Å²) in [5.41, 5.74) is 2.01. The third-order valence-corrected chi connectivity index (χ3v) is 3.55. The van der Waals surface area contributed by atoms with Gasteiger partial charge in [-0.2, -0.15) is 5.10 Å². The topological polar surface area (TPSA) is 29.9 Å². The van der Waals surface area contributed by atoms with Crippen molar-refractivity contribution in [3.63, 3.8) is 0 Å². The van der Waals surface area contributed by atoms with Crippen molar-refractivity contribution in [3.8, 4) is 0 Å². The Morgan fingerprint density at radius 3 is 2.74 bits per heavy atom. The molecule has 0 saturated carbocycles. The molecule has 2 aromatic rings. The largest absolute Gasteiger partial charge is 0.377 e. The quantitative estimate of drug-likeness (QED) is 0.923. The number of nitrogens with zero attached hydrogens (tertiary/aromatic N) is 2. The monoisotopic (exact) mass is 301 g/mol. The van der Waals surface area contributed by atoms with E-state index in [1.54, 1.807) is 10.7 Å². The maximum absolute atomic E-state index is 13.6. The normalized spacial score (nSPS) is 10.8. The highest BCUT2D eigenvalue weighted by Crippen LogP contribution is 2.24. The Bertz CT molecular complexity index is 596. The van der Waals surface area contributed by atoms with Gasteiger partial charge in [0.25, 0.3) is 0 Å². The number of halogens is 3. The molecular formula is C13H14Cl2FN3. The van der Waals surface area contributed by atoms with Crippen LogP contribution in [0.1, 0.15) is 18.3 Å². The molecule has 0 amide bonds. The van der Waals surface area contributed by atoms with Gasteiger partial charge in [-0.05, 0) is 24.6 Å². The molecule has 0 bridgehead atoms. The minimum atomic E-state index is -0.349. The summed E-state index contributed by atoms with van der Waals surface area (Å²) >= 11 is 12.1. The van der Waals surface area contributed by atoms with E-state index < -0.39 is 0 Å². The van der Waals surface area contributed by atoms with Crippen molar-refractivity contribution in [2.75, 3.05) is 5.32 Å². The van der Waals surface area contributed by atoms with E-state index in [4.69, 9.17) is 23.2 Å². The molecule has 0 aliphatic heterocycles. The number of anilines is 1. The lowest BCUT2D eigenvalue weighted by Crippen LogP contribution is -2.07. The van der Waals surface area contributed by atoms with Crippen LogP contribution in [0.3, 0.4) is 0 Å². The molecule has 19 heavy (non-hydrogen) atoms. The van der Waals surface area contributed by atoms with Gasteiger partial charge in [-0.15, -0.1) is 0 Å². The van der Waals surface area contributed by atoms with E-state index in [2.05, 4.69) is 10.4 Å². The maximum Gasteiger partial charge on any atom is 0.146 e. The Morgan fingerprint density at radius 1 is 1.37 bits per heavy atom. The molecule has 2 rings (SSSR count). The van der Waals surface area contributed by atoms with Gasteiger partial charge in [0.1, 0.15) is 5.82 Å². The van der Waals surface area contributed by atoms with E-state index >= 15 is 0 Å². The molecule has 1 heterocycles. The van der Waals surface area contributed by atoms with Gasteiger partial charge in [0.05, 0.1) is 28.6 Å². The van der Waals surface area contributed by atoms with Crippen molar-refractivity contribution in [2.24, 2.45) is 7.05 Å². The van der Waals surface area contributed by atoms with Gasteiger partial charge in [0.2, 0.25) is 0 Å². The number of hydrogen-bond acceptors (Lipinski definition) is 2. The minimum Gasteiger partial charge on any atom is -0.377 e. The van der Waals surface area contributed by atoms with E-state index in [-0.39, 0.29) is 5.82 Å². The Hall–Kier alpha value is -1.26. The molecule has 1 aromatic heterocycles. The zero-order valence-electron chi connectivity index (χ0n) is 10.7. The molecule has 0 aliphatic carbocycles. The second kappa shape index (κ2) is 5.80. The van der Waals surface area contributed by atoms with Crippen LogP contribution in [0.25, 0.3) is 0 Å². The minimum absolute atomic E-state index is 0.349. The highest BCUT2D eigenvalue weighted by atomic mass is 35.5. The first-order valence-electron chi connectivity index (χ1n) is 5.92. The van der Waals surface area contributed by atoms with Crippen LogP contribution < -0.4 is 5.32 Å². The molecule has 0 fully saturated rings. The van der Waals surface area contributed by atoms with Crippen molar-refractivity contribution in [3.05, 3.63) is 45.4 Å². The van der Waals surface area contributed by atoms with Gasteiger partial charge in [-0.25, -0.2) is 4.39 Å². The highest BCUT2D eigenvalue weighted by molar-refractivity contribution is 6.32. The highest BCUT2D eigenvalue weighted by Gasteiger charge is 2.13. The van der Waals surface area contributed by atoms with Gasteiger partial charge >= 0.3 is 0 Å².